The Morgan fingerprint density at radius 1 is 1.54 bits per heavy atom. The lowest BCUT2D eigenvalue weighted by Gasteiger charge is -2.07. The lowest BCUT2D eigenvalue weighted by atomic mass is 10.1. The average Bonchev–Trinajstić information content (AvgIpc) is 2.18. The summed E-state index contributed by atoms with van der Waals surface area (Å²) < 4.78 is 0. The quantitative estimate of drug-likeness (QED) is 0.741. The summed E-state index contributed by atoms with van der Waals surface area (Å²) in [7, 11) is 1.79. The van der Waals surface area contributed by atoms with Crippen molar-refractivity contribution in [3.05, 3.63) is 30.1 Å². The van der Waals surface area contributed by atoms with E-state index in [1.807, 2.05) is 19.1 Å². The number of aromatic nitrogens is 1. The van der Waals surface area contributed by atoms with Crippen LogP contribution in [0.4, 0.5) is 0 Å². The fourth-order valence-corrected chi connectivity index (χ4v) is 1.02. The number of rotatable bonds is 4. The van der Waals surface area contributed by atoms with Gasteiger partial charge in [0.05, 0.1) is 6.04 Å². The lowest BCUT2D eigenvalue weighted by molar-refractivity contribution is -0.119. The Balaban J connectivity index is 2.55. The van der Waals surface area contributed by atoms with Gasteiger partial charge >= 0.3 is 0 Å². The highest BCUT2D eigenvalue weighted by atomic mass is 16.1. The van der Waals surface area contributed by atoms with Crippen molar-refractivity contribution in [2.45, 2.75) is 19.4 Å². The maximum Gasteiger partial charge on any atom is 0.153 e. The number of hydrogen-bond acceptors (Lipinski definition) is 3. The summed E-state index contributed by atoms with van der Waals surface area (Å²) in [5, 5.41) is 2.92. The first-order valence-electron chi connectivity index (χ1n) is 4.33. The van der Waals surface area contributed by atoms with Gasteiger partial charge < -0.3 is 5.32 Å². The Morgan fingerprint density at radius 3 is 2.69 bits per heavy atom. The molecule has 0 spiro atoms. The van der Waals surface area contributed by atoms with Crippen molar-refractivity contribution in [2.75, 3.05) is 7.05 Å². The summed E-state index contributed by atoms with van der Waals surface area (Å²) in [6.45, 7) is 1.86. The summed E-state index contributed by atoms with van der Waals surface area (Å²) in [6, 6.07) is 3.65. The standard InChI is InChI=1S/C10H14N2O/c1-8(11-2)10(13)7-9-3-5-12-6-4-9/h3-6,8,11H,7H2,1-2H3. The zero-order chi connectivity index (χ0) is 9.68. The molecule has 13 heavy (non-hydrogen) atoms. The van der Waals surface area contributed by atoms with E-state index < -0.39 is 0 Å². The van der Waals surface area contributed by atoms with E-state index in [-0.39, 0.29) is 11.8 Å². The molecule has 1 N–H and O–H groups in total. The molecule has 1 aromatic heterocycles. The molecule has 0 fully saturated rings. The van der Waals surface area contributed by atoms with Crippen LogP contribution in [0, 0.1) is 0 Å². The molecule has 0 aliphatic carbocycles. The van der Waals surface area contributed by atoms with Gasteiger partial charge in [-0.15, -0.1) is 0 Å². The van der Waals surface area contributed by atoms with Crippen molar-refractivity contribution in [3.63, 3.8) is 0 Å². The minimum absolute atomic E-state index is 0.0758. The van der Waals surface area contributed by atoms with Gasteiger partial charge in [-0.3, -0.25) is 9.78 Å². The molecular formula is C10H14N2O. The summed E-state index contributed by atoms with van der Waals surface area (Å²) in [5.74, 6) is 0.203. The van der Waals surface area contributed by atoms with Crippen molar-refractivity contribution in [2.24, 2.45) is 0 Å². The lowest BCUT2D eigenvalue weighted by Crippen LogP contribution is -2.31. The minimum atomic E-state index is -0.0758. The third-order valence-corrected chi connectivity index (χ3v) is 2.04. The molecular weight excluding hydrogens is 164 g/mol. The average molecular weight is 178 g/mol. The molecule has 1 aromatic rings. The molecule has 0 saturated heterocycles. The first kappa shape index (κ1) is 9.86. The second-order valence-corrected chi connectivity index (χ2v) is 3.01. The van der Waals surface area contributed by atoms with Gasteiger partial charge in [-0.1, -0.05) is 0 Å². The van der Waals surface area contributed by atoms with E-state index in [0.717, 1.165) is 5.56 Å². The van der Waals surface area contributed by atoms with Crippen LogP contribution in [0.15, 0.2) is 24.5 Å². The first-order valence-corrected chi connectivity index (χ1v) is 4.33. The summed E-state index contributed by atoms with van der Waals surface area (Å²) in [5.41, 5.74) is 1.02. The normalized spacial score (nSPS) is 12.5. The maximum atomic E-state index is 11.5. The second-order valence-electron chi connectivity index (χ2n) is 3.01. The van der Waals surface area contributed by atoms with Crippen LogP contribution in [0.3, 0.4) is 0 Å². The van der Waals surface area contributed by atoms with Crippen LogP contribution in [0.5, 0.6) is 0 Å². The van der Waals surface area contributed by atoms with Gasteiger partial charge in [0.15, 0.2) is 5.78 Å². The molecule has 1 atom stereocenters. The van der Waals surface area contributed by atoms with Gasteiger partial charge in [-0.2, -0.15) is 0 Å². The number of carbonyl (C=O) groups is 1. The van der Waals surface area contributed by atoms with Crippen molar-refractivity contribution >= 4 is 5.78 Å². The van der Waals surface area contributed by atoms with Gasteiger partial charge in [0, 0.05) is 18.8 Å². The smallest absolute Gasteiger partial charge is 0.153 e. The molecule has 0 saturated carbocycles. The molecule has 0 aliphatic rings. The fraction of sp³-hybridized carbons (Fsp3) is 0.400. The Bertz CT molecular complexity index is 272. The largest absolute Gasteiger partial charge is 0.311 e. The molecule has 0 aliphatic heterocycles. The minimum Gasteiger partial charge on any atom is -0.311 e. The predicted molar refractivity (Wildman–Crippen MR) is 51.5 cm³/mol. The number of carbonyl (C=O) groups excluding carboxylic acids is 1. The van der Waals surface area contributed by atoms with Crippen molar-refractivity contribution in [1.29, 1.82) is 0 Å². The van der Waals surface area contributed by atoms with E-state index in [1.165, 1.54) is 0 Å². The van der Waals surface area contributed by atoms with Crippen molar-refractivity contribution in [3.8, 4) is 0 Å². The summed E-state index contributed by atoms with van der Waals surface area (Å²) >= 11 is 0. The Morgan fingerprint density at radius 2 is 2.15 bits per heavy atom. The molecule has 1 unspecified atom stereocenters. The molecule has 1 heterocycles. The van der Waals surface area contributed by atoms with Crippen LogP contribution in [0.1, 0.15) is 12.5 Å². The molecule has 0 aromatic carbocycles. The maximum absolute atomic E-state index is 11.5. The van der Waals surface area contributed by atoms with Crippen LogP contribution in [-0.4, -0.2) is 23.9 Å². The predicted octanol–water partition coefficient (Wildman–Crippen LogP) is 0.801. The molecule has 0 amide bonds. The van der Waals surface area contributed by atoms with Gasteiger partial charge in [0.1, 0.15) is 0 Å². The van der Waals surface area contributed by atoms with E-state index in [4.69, 9.17) is 0 Å². The van der Waals surface area contributed by atoms with Crippen molar-refractivity contribution < 1.29 is 4.79 Å². The van der Waals surface area contributed by atoms with Crippen LogP contribution >= 0.6 is 0 Å². The SMILES string of the molecule is CNC(C)C(=O)Cc1ccncc1. The highest BCUT2D eigenvalue weighted by Crippen LogP contribution is 2.00. The van der Waals surface area contributed by atoms with Gasteiger partial charge in [-0.25, -0.2) is 0 Å². The number of ketones is 1. The molecule has 1 rings (SSSR count). The Hall–Kier alpha value is -1.22. The number of nitrogens with one attached hydrogen (secondary N) is 1. The summed E-state index contributed by atoms with van der Waals surface area (Å²) in [6.07, 6.45) is 3.88. The van der Waals surface area contributed by atoms with Crippen LogP contribution in [0.2, 0.25) is 0 Å². The zero-order valence-corrected chi connectivity index (χ0v) is 7.95. The molecule has 3 nitrogen and oxygen atoms in total. The van der Waals surface area contributed by atoms with E-state index >= 15 is 0 Å². The fourth-order valence-electron chi connectivity index (χ4n) is 1.02. The summed E-state index contributed by atoms with van der Waals surface area (Å²) in [4.78, 5) is 15.4. The number of pyridine rings is 1. The van der Waals surface area contributed by atoms with E-state index in [0.29, 0.717) is 6.42 Å². The zero-order valence-electron chi connectivity index (χ0n) is 7.95. The Labute approximate surface area is 78.2 Å². The monoisotopic (exact) mass is 178 g/mol. The first-order chi connectivity index (χ1) is 6.24. The van der Waals surface area contributed by atoms with Crippen LogP contribution in [-0.2, 0) is 11.2 Å². The van der Waals surface area contributed by atoms with E-state index in [9.17, 15) is 4.79 Å². The van der Waals surface area contributed by atoms with Gasteiger partial charge in [0.2, 0.25) is 0 Å². The number of nitrogens with zero attached hydrogens (tertiary/aromatic N) is 1. The number of Topliss-reactive ketones (excluding diaryl/α,β-unsaturated/α-hetero) is 1. The van der Waals surface area contributed by atoms with Crippen LogP contribution < -0.4 is 5.32 Å². The topological polar surface area (TPSA) is 42.0 Å². The number of likely N-dealkylation sites (N-methyl/N-ethyl adjacent to an activating group) is 1. The second kappa shape index (κ2) is 4.72. The van der Waals surface area contributed by atoms with Gasteiger partial charge in [0.25, 0.3) is 0 Å². The van der Waals surface area contributed by atoms with E-state index in [2.05, 4.69) is 10.3 Å². The molecule has 0 bridgehead atoms. The molecule has 0 radical (unpaired) electrons. The number of hydrogen-bond donors (Lipinski definition) is 1. The van der Waals surface area contributed by atoms with Crippen LogP contribution in [0.25, 0.3) is 0 Å². The third kappa shape index (κ3) is 2.95. The van der Waals surface area contributed by atoms with E-state index in [1.54, 1.807) is 19.4 Å². The highest BCUT2D eigenvalue weighted by molar-refractivity contribution is 5.85. The Kier molecular flexibility index (Phi) is 3.58. The highest BCUT2D eigenvalue weighted by Gasteiger charge is 2.10. The molecule has 3 heteroatoms. The molecule has 70 valence electrons. The third-order valence-electron chi connectivity index (χ3n) is 2.04. The van der Waals surface area contributed by atoms with Crippen molar-refractivity contribution in [1.82, 2.24) is 10.3 Å². The van der Waals surface area contributed by atoms with Gasteiger partial charge in [-0.05, 0) is 31.7 Å².